The average molecular weight is 368 g/mol. The van der Waals surface area contributed by atoms with Crippen LogP contribution in [0.5, 0.6) is 0 Å². The molecule has 1 N–H and O–H groups in total. The Hall–Kier alpha value is -1.83. The van der Waals surface area contributed by atoms with Crippen LogP contribution in [0.3, 0.4) is 0 Å². The van der Waals surface area contributed by atoms with Crippen LogP contribution in [-0.2, 0) is 20.5 Å². The van der Waals surface area contributed by atoms with E-state index in [2.05, 4.69) is 14.6 Å². The number of hydrogen-bond donors (Lipinski definition) is 1. The summed E-state index contributed by atoms with van der Waals surface area (Å²) in [6, 6.07) is 10.3. The molecule has 128 valence electrons. The quantitative estimate of drug-likeness (QED) is 0.879. The zero-order valence-corrected chi connectivity index (χ0v) is 14.6. The van der Waals surface area contributed by atoms with E-state index in [1.807, 2.05) is 6.07 Å². The van der Waals surface area contributed by atoms with Crippen molar-refractivity contribution >= 4 is 33.1 Å². The van der Waals surface area contributed by atoms with Crippen LogP contribution >= 0.6 is 11.6 Å². The first-order chi connectivity index (χ1) is 11.5. The molecule has 0 atom stereocenters. The molecule has 0 saturated carbocycles. The molecule has 3 rings (SSSR count). The minimum atomic E-state index is -3.50. The van der Waals surface area contributed by atoms with Gasteiger partial charge < -0.3 is 9.64 Å². The number of sulfonamides is 1. The Morgan fingerprint density at radius 2 is 1.83 bits per heavy atom. The third-order valence-corrected chi connectivity index (χ3v) is 5.14. The fraction of sp³-hybridized carbons (Fsp3) is 0.312. The van der Waals surface area contributed by atoms with Gasteiger partial charge in [-0.05, 0) is 29.8 Å². The van der Waals surface area contributed by atoms with Crippen molar-refractivity contribution in [1.82, 2.24) is 4.98 Å². The minimum absolute atomic E-state index is 0.116. The lowest BCUT2D eigenvalue weighted by Crippen LogP contribution is -2.36. The Balaban J connectivity index is 1.64. The van der Waals surface area contributed by atoms with Crippen molar-refractivity contribution in [2.75, 3.05) is 35.9 Å². The Labute approximate surface area is 146 Å². The number of halogens is 1. The number of nitrogens with one attached hydrogen (secondary N) is 1. The molecule has 0 amide bonds. The van der Waals surface area contributed by atoms with E-state index in [-0.39, 0.29) is 5.75 Å². The van der Waals surface area contributed by atoms with Gasteiger partial charge >= 0.3 is 0 Å². The van der Waals surface area contributed by atoms with Crippen LogP contribution in [0, 0.1) is 0 Å². The van der Waals surface area contributed by atoms with Gasteiger partial charge in [-0.2, -0.15) is 0 Å². The molecular weight excluding hydrogens is 350 g/mol. The molecule has 0 aliphatic carbocycles. The number of benzene rings is 1. The van der Waals surface area contributed by atoms with Crippen molar-refractivity contribution in [1.29, 1.82) is 0 Å². The summed E-state index contributed by atoms with van der Waals surface area (Å²) in [6.07, 6.45) is 1.53. The highest BCUT2D eigenvalue weighted by molar-refractivity contribution is 7.91. The van der Waals surface area contributed by atoms with E-state index in [0.29, 0.717) is 29.5 Å². The Kier molecular flexibility index (Phi) is 5.23. The summed E-state index contributed by atoms with van der Waals surface area (Å²) in [5.41, 5.74) is 1.12. The van der Waals surface area contributed by atoms with Crippen molar-refractivity contribution in [3.8, 4) is 0 Å². The first-order valence-corrected chi connectivity index (χ1v) is 9.58. The molecule has 8 heteroatoms. The fourth-order valence-corrected chi connectivity index (χ4v) is 3.75. The van der Waals surface area contributed by atoms with Crippen LogP contribution in [0.25, 0.3) is 0 Å². The van der Waals surface area contributed by atoms with Crippen LogP contribution < -0.4 is 9.62 Å². The minimum Gasteiger partial charge on any atom is -0.378 e. The number of anilines is 2. The molecule has 1 aliphatic heterocycles. The molecule has 0 unspecified atom stereocenters. The molecule has 0 radical (unpaired) electrons. The number of hydrogen-bond acceptors (Lipinski definition) is 5. The van der Waals surface area contributed by atoms with Gasteiger partial charge in [-0.25, -0.2) is 13.4 Å². The SMILES string of the molecule is O=S(=O)(Cc1ccc(Cl)cc1)Nc1ccc(N2CCOCC2)nc1. The third-order valence-electron chi connectivity index (χ3n) is 3.63. The summed E-state index contributed by atoms with van der Waals surface area (Å²) >= 11 is 5.81. The molecule has 0 bridgehead atoms. The van der Waals surface area contributed by atoms with E-state index >= 15 is 0 Å². The van der Waals surface area contributed by atoms with Gasteiger partial charge in [-0.15, -0.1) is 0 Å². The van der Waals surface area contributed by atoms with E-state index in [0.717, 1.165) is 18.9 Å². The van der Waals surface area contributed by atoms with Crippen molar-refractivity contribution < 1.29 is 13.2 Å². The Bertz CT molecular complexity index is 773. The summed E-state index contributed by atoms with van der Waals surface area (Å²) in [5.74, 6) is 0.703. The maximum atomic E-state index is 12.2. The molecule has 1 aliphatic rings. The molecular formula is C16H18ClN3O3S. The Morgan fingerprint density at radius 1 is 1.12 bits per heavy atom. The number of morpholine rings is 1. The van der Waals surface area contributed by atoms with Crippen LogP contribution in [-0.4, -0.2) is 39.7 Å². The van der Waals surface area contributed by atoms with Gasteiger partial charge in [-0.1, -0.05) is 23.7 Å². The van der Waals surface area contributed by atoms with Crippen molar-refractivity contribution in [3.63, 3.8) is 0 Å². The second kappa shape index (κ2) is 7.38. The van der Waals surface area contributed by atoms with Crippen molar-refractivity contribution in [2.24, 2.45) is 0 Å². The summed E-state index contributed by atoms with van der Waals surface area (Å²) in [4.78, 5) is 6.44. The number of aromatic nitrogens is 1. The van der Waals surface area contributed by atoms with Gasteiger partial charge in [0.25, 0.3) is 0 Å². The number of rotatable bonds is 5. The van der Waals surface area contributed by atoms with Gasteiger partial charge in [-0.3, -0.25) is 4.72 Å². The zero-order valence-electron chi connectivity index (χ0n) is 13.0. The molecule has 1 fully saturated rings. The topological polar surface area (TPSA) is 71.5 Å². The van der Waals surface area contributed by atoms with Crippen LogP contribution in [0.2, 0.25) is 5.02 Å². The van der Waals surface area contributed by atoms with E-state index < -0.39 is 10.0 Å². The van der Waals surface area contributed by atoms with Crippen molar-refractivity contribution in [2.45, 2.75) is 5.75 Å². The van der Waals surface area contributed by atoms with Gasteiger partial charge in [0, 0.05) is 18.1 Å². The fourth-order valence-electron chi connectivity index (χ4n) is 2.44. The summed E-state index contributed by atoms with van der Waals surface area (Å²) in [7, 11) is -3.50. The summed E-state index contributed by atoms with van der Waals surface area (Å²) < 4.78 is 32.3. The summed E-state index contributed by atoms with van der Waals surface area (Å²) in [6.45, 7) is 2.93. The molecule has 2 heterocycles. The highest BCUT2D eigenvalue weighted by Gasteiger charge is 2.14. The van der Waals surface area contributed by atoms with Gasteiger partial charge in [0.2, 0.25) is 10.0 Å². The smallest absolute Gasteiger partial charge is 0.236 e. The highest BCUT2D eigenvalue weighted by atomic mass is 35.5. The van der Waals surface area contributed by atoms with Crippen LogP contribution in [0.4, 0.5) is 11.5 Å². The second-order valence-electron chi connectivity index (χ2n) is 5.49. The van der Waals surface area contributed by atoms with Crippen molar-refractivity contribution in [3.05, 3.63) is 53.2 Å². The van der Waals surface area contributed by atoms with E-state index in [1.165, 1.54) is 6.20 Å². The maximum absolute atomic E-state index is 12.2. The first-order valence-electron chi connectivity index (χ1n) is 7.55. The molecule has 1 saturated heterocycles. The predicted molar refractivity (Wildman–Crippen MR) is 95.0 cm³/mol. The molecule has 6 nitrogen and oxygen atoms in total. The lowest BCUT2D eigenvalue weighted by atomic mass is 10.2. The first kappa shape index (κ1) is 17.0. The maximum Gasteiger partial charge on any atom is 0.236 e. The number of ether oxygens (including phenoxy) is 1. The van der Waals surface area contributed by atoms with Gasteiger partial charge in [0.15, 0.2) is 0 Å². The van der Waals surface area contributed by atoms with Gasteiger partial charge in [0.1, 0.15) is 5.82 Å². The third kappa shape index (κ3) is 4.59. The van der Waals surface area contributed by atoms with Gasteiger partial charge in [0.05, 0.1) is 30.9 Å². The predicted octanol–water partition coefficient (Wildman–Crippen LogP) is 2.51. The monoisotopic (exact) mass is 367 g/mol. The second-order valence-corrected chi connectivity index (χ2v) is 7.65. The molecule has 0 spiro atoms. The largest absolute Gasteiger partial charge is 0.378 e. The molecule has 24 heavy (non-hydrogen) atoms. The lowest BCUT2D eigenvalue weighted by Gasteiger charge is -2.27. The molecule has 2 aromatic rings. The lowest BCUT2D eigenvalue weighted by molar-refractivity contribution is 0.122. The van der Waals surface area contributed by atoms with E-state index in [9.17, 15) is 8.42 Å². The Morgan fingerprint density at radius 3 is 2.46 bits per heavy atom. The van der Waals surface area contributed by atoms with E-state index in [4.69, 9.17) is 16.3 Å². The average Bonchev–Trinajstić information content (AvgIpc) is 2.58. The normalized spacial score (nSPS) is 15.3. The van der Waals surface area contributed by atoms with E-state index in [1.54, 1.807) is 30.3 Å². The zero-order chi connectivity index (χ0) is 17.0. The standard InChI is InChI=1S/C16H18ClN3O3S/c17-14-3-1-13(2-4-14)12-24(21,22)19-15-5-6-16(18-11-15)20-7-9-23-10-8-20/h1-6,11,19H,7-10,12H2. The van der Waals surface area contributed by atoms with Crippen LogP contribution in [0.15, 0.2) is 42.6 Å². The highest BCUT2D eigenvalue weighted by Crippen LogP contribution is 2.18. The summed E-state index contributed by atoms with van der Waals surface area (Å²) in [5, 5.41) is 0.576. The molecule has 1 aromatic carbocycles. The van der Waals surface area contributed by atoms with Crippen LogP contribution in [0.1, 0.15) is 5.56 Å². The number of pyridine rings is 1. The number of nitrogens with zero attached hydrogens (tertiary/aromatic N) is 2. The molecule has 1 aromatic heterocycles.